The van der Waals surface area contributed by atoms with Crippen LogP contribution in [-0.2, 0) is 5.41 Å². The zero-order valence-electron chi connectivity index (χ0n) is 17.2. The number of rotatable bonds is 7. The number of amides is 1. The number of nitriles is 1. The van der Waals surface area contributed by atoms with Crippen molar-refractivity contribution in [1.29, 1.82) is 5.26 Å². The van der Waals surface area contributed by atoms with Crippen LogP contribution in [0.25, 0.3) is 0 Å². The molecule has 8 nitrogen and oxygen atoms in total. The molecule has 1 N–H and O–H groups in total. The number of ether oxygens (including phenoxy) is 2. The number of methoxy groups -OCH3 is 1. The van der Waals surface area contributed by atoms with Gasteiger partial charge in [-0.2, -0.15) is 5.26 Å². The molecule has 8 heteroatoms. The van der Waals surface area contributed by atoms with Gasteiger partial charge in [0.15, 0.2) is 11.5 Å². The third kappa shape index (κ3) is 4.23. The van der Waals surface area contributed by atoms with Crippen molar-refractivity contribution in [2.75, 3.05) is 12.4 Å². The Kier molecular flexibility index (Phi) is 5.48. The predicted octanol–water partition coefficient (Wildman–Crippen LogP) is 5.20. The van der Waals surface area contributed by atoms with E-state index >= 15 is 0 Å². The van der Waals surface area contributed by atoms with Crippen LogP contribution < -0.4 is 14.8 Å². The van der Waals surface area contributed by atoms with E-state index in [1.54, 1.807) is 36.4 Å². The van der Waals surface area contributed by atoms with Crippen molar-refractivity contribution in [3.05, 3.63) is 88.0 Å². The van der Waals surface area contributed by atoms with Crippen LogP contribution in [0, 0.1) is 21.4 Å². The second-order valence-electron chi connectivity index (χ2n) is 7.45. The van der Waals surface area contributed by atoms with Gasteiger partial charge in [0.2, 0.25) is 0 Å². The Morgan fingerprint density at radius 1 is 1.09 bits per heavy atom. The first-order valence-electron chi connectivity index (χ1n) is 9.87. The number of non-ortho nitro benzene ring substituents is 1. The summed E-state index contributed by atoms with van der Waals surface area (Å²) in [6.07, 6.45) is 1.60. The topological polar surface area (TPSA) is 114 Å². The number of hydrogen-bond acceptors (Lipinski definition) is 6. The van der Waals surface area contributed by atoms with E-state index in [-0.39, 0.29) is 11.6 Å². The van der Waals surface area contributed by atoms with Gasteiger partial charge in [-0.1, -0.05) is 12.1 Å². The van der Waals surface area contributed by atoms with E-state index in [4.69, 9.17) is 9.47 Å². The number of nitro benzene ring substituents is 1. The summed E-state index contributed by atoms with van der Waals surface area (Å²) in [6, 6.07) is 20.0. The van der Waals surface area contributed by atoms with Crippen molar-refractivity contribution in [2.45, 2.75) is 18.3 Å². The quantitative estimate of drug-likeness (QED) is 0.408. The van der Waals surface area contributed by atoms with Crippen molar-refractivity contribution in [3.8, 4) is 23.3 Å². The van der Waals surface area contributed by atoms with E-state index in [1.807, 2.05) is 6.07 Å². The number of nitrogens with one attached hydrogen (secondary N) is 1. The van der Waals surface area contributed by atoms with Gasteiger partial charge in [-0.05, 0) is 54.8 Å². The third-order valence-corrected chi connectivity index (χ3v) is 5.34. The van der Waals surface area contributed by atoms with Crippen molar-refractivity contribution >= 4 is 17.3 Å². The number of benzene rings is 3. The average Bonchev–Trinajstić information content (AvgIpc) is 3.61. The highest BCUT2D eigenvalue weighted by atomic mass is 16.6. The van der Waals surface area contributed by atoms with Gasteiger partial charge in [0.1, 0.15) is 5.75 Å². The molecule has 0 saturated heterocycles. The first kappa shape index (κ1) is 20.9. The number of carbonyl (C=O) groups excluding carboxylic acids is 1. The minimum atomic E-state index is -0.489. The van der Waals surface area contributed by atoms with Crippen LogP contribution in [0.1, 0.15) is 28.8 Å². The Morgan fingerprint density at radius 3 is 2.47 bits per heavy atom. The average molecular weight is 429 g/mol. The molecule has 0 atom stereocenters. The first-order chi connectivity index (χ1) is 15.4. The molecule has 32 heavy (non-hydrogen) atoms. The number of anilines is 1. The largest absolute Gasteiger partial charge is 0.493 e. The lowest BCUT2D eigenvalue weighted by Crippen LogP contribution is -2.13. The molecule has 0 aromatic heterocycles. The van der Waals surface area contributed by atoms with Gasteiger partial charge in [-0.3, -0.25) is 14.9 Å². The van der Waals surface area contributed by atoms with E-state index in [1.165, 1.54) is 31.4 Å². The summed E-state index contributed by atoms with van der Waals surface area (Å²) < 4.78 is 11.1. The third-order valence-electron chi connectivity index (χ3n) is 5.34. The van der Waals surface area contributed by atoms with E-state index in [2.05, 4.69) is 11.4 Å². The molecule has 160 valence electrons. The normalized spacial score (nSPS) is 13.5. The number of hydrogen-bond donors (Lipinski definition) is 1. The minimum Gasteiger partial charge on any atom is -0.493 e. The van der Waals surface area contributed by atoms with E-state index in [0.29, 0.717) is 28.5 Å². The summed E-state index contributed by atoms with van der Waals surface area (Å²) in [5, 5.41) is 23.1. The molecule has 0 bridgehead atoms. The molecule has 0 heterocycles. The highest BCUT2D eigenvalue weighted by Gasteiger charge is 2.45. The Morgan fingerprint density at radius 2 is 1.84 bits per heavy atom. The Balaban J connectivity index is 1.53. The van der Waals surface area contributed by atoms with Gasteiger partial charge in [0.05, 0.1) is 23.5 Å². The standard InChI is InChI=1S/C24H19N3O5/c1-31-21-10-5-18(14-22(21)32-20-8-6-19(7-9-20)27(29)30)26-23(28)16-3-2-4-17(13-16)24(15-25)11-12-24/h2-10,13-14H,11-12H2,1H3,(H,26,28). The fourth-order valence-electron chi connectivity index (χ4n) is 3.35. The van der Waals surface area contributed by atoms with Crippen molar-refractivity contribution in [2.24, 2.45) is 0 Å². The second kappa shape index (κ2) is 8.40. The predicted molar refractivity (Wildman–Crippen MR) is 117 cm³/mol. The van der Waals surface area contributed by atoms with Crippen LogP contribution in [0.15, 0.2) is 66.7 Å². The molecule has 1 saturated carbocycles. The van der Waals surface area contributed by atoms with E-state index in [9.17, 15) is 20.2 Å². The number of carbonyl (C=O) groups is 1. The van der Waals surface area contributed by atoms with Gasteiger partial charge >= 0.3 is 0 Å². The molecule has 0 aliphatic heterocycles. The molecule has 3 aromatic rings. The number of nitrogens with zero attached hydrogens (tertiary/aromatic N) is 2. The lowest BCUT2D eigenvalue weighted by molar-refractivity contribution is -0.384. The molecular weight excluding hydrogens is 410 g/mol. The Labute approximate surface area is 184 Å². The molecule has 0 spiro atoms. The molecule has 0 unspecified atom stereocenters. The summed E-state index contributed by atoms with van der Waals surface area (Å²) in [4.78, 5) is 23.1. The summed E-state index contributed by atoms with van der Waals surface area (Å²) in [5.41, 5.74) is 1.28. The smallest absolute Gasteiger partial charge is 0.269 e. The van der Waals surface area contributed by atoms with Gasteiger partial charge in [-0.25, -0.2) is 0 Å². The maximum absolute atomic E-state index is 12.8. The molecule has 3 aromatic carbocycles. The lowest BCUT2D eigenvalue weighted by atomic mass is 9.96. The summed E-state index contributed by atoms with van der Waals surface area (Å²) in [6.45, 7) is 0. The molecule has 1 aliphatic carbocycles. The summed E-state index contributed by atoms with van der Waals surface area (Å²) >= 11 is 0. The number of nitro groups is 1. The van der Waals surface area contributed by atoms with Crippen LogP contribution in [0.5, 0.6) is 17.2 Å². The van der Waals surface area contributed by atoms with Crippen LogP contribution in [-0.4, -0.2) is 17.9 Å². The monoisotopic (exact) mass is 429 g/mol. The minimum absolute atomic E-state index is 0.0445. The fourth-order valence-corrected chi connectivity index (χ4v) is 3.35. The molecule has 4 rings (SSSR count). The SMILES string of the molecule is COc1ccc(NC(=O)c2cccc(C3(C#N)CC3)c2)cc1Oc1ccc([N+](=O)[O-])cc1. The van der Waals surface area contributed by atoms with Crippen LogP contribution in [0.3, 0.4) is 0 Å². The maximum atomic E-state index is 12.8. The Hall–Kier alpha value is -4.38. The summed E-state index contributed by atoms with van der Waals surface area (Å²) in [5.74, 6) is 0.853. The lowest BCUT2D eigenvalue weighted by Gasteiger charge is -2.13. The molecular formula is C24H19N3O5. The van der Waals surface area contributed by atoms with E-state index < -0.39 is 10.3 Å². The molecule has 1 amide bonds. The van der Waals surface area contributed by atoms with Crippen LogP contribution in [0.2, 0.25) is 0 Å². The molecule has 1 fully saturated rings. The summed E-state index contributed by atoms with van der Waals surface area (Å²) in [7, 11) is 1.49. The maximum Gasteiger partial charge on any atom is 0.269 e. The van der Waals surface area contributed by atoms with Gasteiger partial charge in [0, 0.05) is 29.4 Å². The van der Waals surface area contributed by atoms with Crippen molar-refractivity contribution < 1.29 is 19.2 Å². The van der Waals surface area contributed by atoms with Crippen molar-refractivity contribution in [3.63, 3.8) is 0 Å². The van der Waals surface area contributed by atoms with Gasteiger partial charge < -0.3 is 14.8 Å². The van der Waals surface area contributed by atoms with Crippen molar-refractivity contribution in [1.82, 2.24) is 0 Å². The van der Waals surface area contributed by atoms with Gasteiger partial charge in [0.25, 0.3) is 11.6 Å². The highest BCUT2D eigenvalue weighted by Crippen LogP contribution is 2.47. The van der Waals surface area contributed by atoms with Crippen LogP contribution >= 0.6 is 0 Å². The highest BCUT2D eigenvalue weighted by molar-refractivity contribution is 6.04. The zero-order valence-corrected chi connectivity index (χ0v) is 17.2. The van der Waals surface area contributed by atoms with E-state index in [0.717, 1.165) is 18.4 Å². The fraction of sp³-hybridized carbons (Fsp3) is 0.167. The second-order valence-corrected chi connectivity index (χ2v) is 7.45. The van der Waals surface area contributed by atoms with Crippen LogP contribution in [0.4, 0.5) is 11.4 Å². The van der Waals surface area contributed by atoms with Gasteiger partial charge in [-0.15, -0.1) is 0 Å². The zero-order chi connectivity index (χ0) is 22.7. The molecule has 1 aliphatic rings. The molecule has 0 radical (unpaired) electrons. The first-order valence-corrected chi connectivity index (χ1v) is 9.87. The Bertz CT molecular complexity index is 1230.